The van der Waals surface area contributed by atoms with E-state index < -0.39 is 0 Å². The summed E-state index contributed by atoms with van der Waals surface area (Å²) in [4.78, 5) is 18.2. The van der Waals surface area contributed by atoms with Gasteiger partial charge in [0, 0.05) is 25.2 Å². The van der Waals surface area contributed by atoms with Gasteiger partial charge in [0.2, 0.25) is 0 Å². The first-order valence-corrected chi connectivity index (χ1v) is 6.93. The van der Waals surface area contributed by atoms with Crippen molar-refractivity contribution in [2.75, 3.05) is 20.1 Å². The van der Waals surface area contributed by atoms with Gasteiger partial charge in [-0.1, -0.05) is 6.07 Å². The van der Waals surface area contributed by atoms with Crippen LogP contribution in [0.5, 0.6) is 0 Å². The summed E-state index contributed by atoms with van der Waals surface area (Å²) < 4.78 is 0. The van der Waals surface area contributed by atoms with E-state index in [9.17, 15) is 4.79 Å². The predicted molar refractivity (Wildman–Crippen MR) is 73.2 cm³/mol. The number of rotatable bonds is 2. The Labute approximate surface area is 109 Å². The van der Waals surface area contributed by atoms with Crippen molar-refractivity contribution >= 4 is 27.5 Å². The molecule has 94 valence electrons. The first kappa shape index (κ1) is 11.6. The van der Waals surface area contributed by atoms with Crippen LogP contribution in [0.15, 0.2) is 18.3 Å². The number of carbonyl (C=O) groups is 1. The van der Waals surface area contributed by atoms with E-state index in [0.29, 0.717) is 5.92 Å². The Morgan fingerprint density at radius 3 is 3.22 bits per heavy atom. The predicted octanol–water partition coefficient (Wildman–Crippen LogP) is 1.73. The summed E-state index contributed by atoms with van der Waals surface area (Å²) in [5.74, 6) is 0.426. The Hall–Kier alpha value is -1.46. The number of pyridine rings is 1. The highest BCUT2D eigenvalue weighted by molar-refractivity contribution is 7.20. The van der Waals surface area contributed by atoms with E-state index in [1.165, 1.54) is 16.9 Å². The number of hydrogen-bond acceptors (Lipinski definition) is 4. The second-order valence-corrected chi connectivity index (χ2v) is 5.47. The van der Waals surface area contributed by atoms with Gasteiger partial charge in [-0.3, -0.25) is 4.79 Å². The number of hydrogen-bond donors (Lipinski definition) is 2. The molecule has 1 aliphatic rings. The monoisotopic (exact) mass is 261 g/mol. The summed E-state index contributed by atoms with van der Waals surface area (Å²) in [7, 11) is 1.68. The largest absolute Gasteiger partial charge is 0.354 e. The Kier molecular flexibility index (Phi) is 3.01. The lowest BCUT2D eigenvalue weighted by molar-refractivity contribution is 0.0966. The van der Waals surface area contributed by atoms with Crippen molar-refractivity contribution in [3.8, 4) is 0 Å². The van der Waals surface area contributed by atoms with E-state index in [2.05, 4.69) is 21.7 Å². The molecule has 1 unspecified atom stereocenters. The molecule has 2 aromatic rings. The van der Waals surface area contributed by atoms with Gasteiger partial charge in [-0.05, 0) is 30.5 Å². The van der Waals surface area contributed by atoms with Crippen LogP contribution < -0.4 is 10.6 Å². The molecule has 0 aromatic carbocycles. The van der Waals surface area contributed by atoms with Crippen molar-refractivity contribution in [3.63, 3.8) is 0 Å². The molecule has 1 amide bonds. The molecular formula is C13H15N3OS. The van der Waals surface area contributed by atoms with Crippen LogP contribution in [-0.2, 0) is 0 Å². The zero-order valence-corrected chi connectivity index (χ0v) is 11.0. The Bertz CT molecular complexity index is 587. The van der Waals surface area contributed by atoms with E-state index in [1.54, 1.807) is 13.2 Å². The second kappa shape index (κ2) is 4.66. The number of thiophene rings is 1. The van der Waals surface area contributed by atoms with Crippen molar-refractivity contribution in [2.45, 2.75) is 12.3 Å². The highest BCUT2D eigenvalue weighted by Crippen LogP contribution is 2.37. The third-order valence-corrected chi connectivity index (χ3v) is 4.53. The summed E-state index contributed by atoms with van der Waals surface area (Å²) in [6.07, 6.45) is 2.87. The molecule has 1 atom stereocenters. The van der Waals surface area contributed by atoms with Crippen LogP contribution >= 0.6 is 11.3 Å². The molecule has 1 fully saturated rings. The molecule has 18 heavy (non-hydrogen) atoms. The molecule has 1 aliphatic heterocycles. The lowest BCUT2D eigenvalue weighted by atomic mass is 9.96. The van der Waals surface area contributed by atoms with Gasteiger partial charge in [-0.15, -0.1) is 11.3 Å². The summed E-state index contributed by atoms with van der Waals surface area (Å²) in [6, 6.07) is 4.01. The van der Waals surface area contributed by atoms with E-state index >= 15 is 0 Å². The van der Waals surface area contributed by atoms with Crippen LogP contribution in [0.25, 0.3) is 10.2 Å². The number of nitrogens with zero attached hydrogens (tertiary/aromatic N) is 1. The maximum atomic E-state index is 12.0. The molecule has 3 heterocycles. The van der Waals surface area contributed by atoms with E-state index in [-0.39, 0.29) is 5.91 Å². The molecule has 2 N–H and O–H groups in total. The van der Waals surface area contributed by atoms with Gasteiger partial charge in [0.05, 0.1) is 4.88 Å². The molecule has 1 saturated heterocycles. The van der Waals surface area contributed by atoms with Crippen molar-refractivity contribution < 1.29 is 4.79 Å². The summed E-state index contributed by atoms with van der Waals surface area (Å²) >= 11 is 1.49. The van der Waals surface area contributed by atoms with Crippen LogP contribution in [-0.4, -0.2) is 31.0 Å². The number of nitrogens with one attached hydrogen (secondary N) is 2. The van der Waals surface area contributed by atoms with Gasteiger partial charge in [-0.25, -0.2) is 4.98 Å². The minimum Gasteiger partial charge on any atom is -0.354 e. The molecule has 0 radical (unpaired) electrons. The van der Waals surface area contributed by atoms with Gasteiger partial charge in [0.15, 0.2) is 0 Å². The van der Waals surface area contributed by atoms with Gasteiger partial charge >= 0.3 is 0 Å². The number of amides is 1. The fourth-order valence-corrected chi connectivity index (χ4v) is 3.72. The average Bonchev–Trinajstić information content (AvgIpc) is 3.03. The fraction of sp³-hybridized carbons (Fsp3) is 0.385. The van der Waals surface area contributed by atoms with Gasteiger partial charge in [0.1, 0.15) is 4.83 Å². The van der Waals surface area contributed by atoms with Crippen LogP contribution in [0, 0.1) is 0 Å². The molecule has 2 aromatic heterocycles. The summed E-state index contributed by atoms with van der Waals surface area (Å²) in [5, 5.41) is 7.23. The Balaban J connectivity index is 2.20. The third kappa shape index (κ3) is 1.79. The Morgan fingerprint density at radius 1 is 1.61 bits per heavy atom. The molecular weight excluding hydrogens is 246 g/mol. The van der Waals surface area contributed by atoms with Gasteiger partial charge < -0.3 is 10.6 Å². The van der Waals surface area contributed by atoms with Crippen molar-refractivity contribution in [3.05, 3.63) is 28.8 Å². The Morgan fingerprint density at radius 2 is 2.50 bits per heavy atom. The number of aromatic nitrogens is 1. The first-order chi connectivity index (χ1) is 8.81. The molecule has 0 spiro atoms. The summed E-state index contributed by atoms with van der Waals surface area (Å²) in [6.45, 7) is 1.97. The summed E-state index contributed by atoms with van der Waals surface area (Å²) in [5.41, 5.74) is 1.17. The lowest BCUT2D eigenvalue weighted by Crippen LogP contribution is -2.19. The quantitative estimate of drug-likeness (QED) is 0.865. The SMILES string of the molecule is CNC(=O)c1sc2ncccc2c1C1CCNC1. The standard InChI is InChI=1S/C13H15N3OS/c1-14-12(17)11-10(8-4-6-15-7-8)9-3-2-5-16-13(9)18-11/h2-3,5,8,15H,4,6-7H2,1H3,(H,14,17). The number of fused-ring (bicyclic) bond motifs is 1. The third-order valence-electron chi connectivity index (χ3n) is 3.41. The zero-order valence-electron chi connectivity index (χ0n) is 10.2. The molecule has 0 saturated carbocycles. The fourth-order valence-electron chi connectivity index (χ4n) is 2.54. The molecule has 5 heteroatoms. The van der Waals surface area contributed by atoms with Crippen molar-refractivity contribution in [1.82, 2.24) is 15.6 Å². The van der Waals surface area contributed by atoms with E-state index in [4.69, 9.17) is 0 Å². The molecule has 0 bridgehead atoms. The minimum absolute atomic E-state index is 0.0000926. The van der Waals surface area contributed by atoms with Gasteiger partial charge in [0.25, 0.3) is 5.91 Å². The van der Waals surface area contributed by atoms with Crippen LogP contribution in [0.1, 0.15) is 27.6 Å². The highest BCUT2D eigenvalue weighted by atomic mass is 32.1. The number of carbonyl (C=O) groups excluding carboxylic acids is 1. The second-order valence-electron chi connectivity index (χ2n) is 4.47. The van der Waals surface area contributed by atoms with Gasteiger partial charge in [-0.2, -0.15) is 0 Å². The maximum absolute atomic E-state index is 12.0. The first-order valence-electron chi connectivity index (χ1n) is 6.11. The van der Waals surface area contributed by atoms with Crippen molar-refractivity contribution in [1.29, 1.82) is 0 Å². The minimum atomic E-state index is -0.0000926. The van der Waals surface area contributed by atoms with Crippen molar-refractivity contribution in [2.24, 2.45) is 0 Å². The van der Waals surface area contributed by atoms with E-state index in [1.807, 2.05) is 6.07 Å². The topological polar surface area (TPSA) is 54.0 Å². The molecule has 0 aliphatic carbocycles. The highest BCUT2D eigenvalue weighted by Gasteiger charge is 2.26. The lowest BCUT2D eigenvalue weighted by Gasteiger charge is -2.10. The van der Waals surface area contributed by atoms with E-state index in [0.717, 1.165) is 34.6 Å². The zero-order chi connectivity index (χ0) is 12.5. The molecule has 3 rings (SSSR count). The average molecular weight is 261 g/mol. The smallest absolute Gasteiger partial charge is 0.261 e. The maximum Gasteiger partial charge on any atom is 0.261 e. The van der Waals surface area contributed by atoms with Crippen LogP contribution in [0.3, 0.4) is 0 Å². The van der Waals surface area contributed by atoms with Crippen LogP contribution in [0.4, 0.5) is 0 Å². The molecule has 4 nitrogen and oxygen atoms in total. The van der Waals surface area contributed by atoms with Crippen LogP contribution in [0.2, 0.25) is 0 Å². The normalized spacial score (nSPS) is 19.3.